The largest absolute Gasteiger partial charge is 0.506 e. The summed E-state index contributed by atoms with van der Waals surface area (Å²) < 4.78 is 0. The second kappa shape index (κ2) is 5.94. The summed E-state index contributed by atoms with van der Waals surface area (Å²) in [6.07, 6.45) is 4.17. The highest BCUT2D eigenvalue weighted by Gasteiger charge is 2.53. The predicted molar refractivity (Wildman–Crippen MR) is 89.7 cm³/mol. The molecule has 1 N–H and O–H groups in total. The smallest absolute Gasteiger partial charge is 0.139 e. The second-order valence-corrected chi connectivity index (χ2v) is 7.73. The normalized spacial score (nSPS) is 30.6. The van der Waals surface area contributed by atoms with Gasteiger partial charge in [-0.1, -0.05) is 18.5 Å². The summed E-state index contributed by atoms with van der Waals surface area (Å²) in [7, 11) is 0. The van der Waals surface area contributed by atoms with Crippen LogP contribution in [0.2, 0.25) is 5.02 Å². The van der Waals surface area contributed by atoms with E-state index < -0.39 is 0 Å². The Labute approximate surface area is 142 Å². The fraction of sp³-hybridized carbons (Fsp3) is 0.579. The van der Waals surface area contributed by atoms with E-state index in [0.29, 0.717) is 35.9 Å². The third-order valence-electron chi connectivity index (χ3n) is 6.06. The maximum Gasteiger partial charge on any atom is 0.139 e. The Morgan fingerprint density at radius 2 is 2.04 bits per heavy atom. The van der Waals surface area contributed by atoms with Crippen molar-refractivity contribution < 1.29 is 14.7 Å². The van der Waals surface area contributed by atoms with Crippen LogP contribution in [-0.2, 0) is 16.0 Å². The molecule has 2 aliphatic rings. The number of Topliss-reactive ketones (excluding diaryl/α,β-unsaturated/α-hetero) is 2. The Morgan fingerprint density at radius 3 is 2.78 bits per heavy atom. The number of benzene rings is 1. The molecule has 1 aromatic rings. The summed E-state index contributed by atoms with van der Waals surface area (Å²) in [5, 5.41) is 10.2. The van der Waals surface area contributed by atoms with E-state index in [2.05, 4.69) is 0 Å². The molecule has 1 aromatic carbocycles. The van der Waals surface area contributed by atoms with Crippen LogP contribution in [0.15, 0.2) is 12.1 Å². The first-order chi connectivity index (χ1) is 10.8. The Balaban J connectivity index is 1.78. The summed E-state index contributed by atoms with van der Waals surface area (Å²) in [6, 6.07) is 3.46. The van der Waals surface area contributed by atoms with E-state index in [-0.39, 0.29) is 23.0 Å². The van der Waals surface area contributed by atoms with Crippen molar-refractivity contribution in [2.45, 2.75) is 52.4 Å². The number of carbonyl (C=O) groups is 2. The van der Waals surface area contributed by atoms with E-state index in [4.69, 9.17) is 11.6 Å². The topological polar surface area (TPSA) is 54.4 Å². The van der Waals surface area contributed by atoms with Gasteiger partial charge < -0.3 is 5.11 Å². The first kappa shape index (κ1) is 16.5. The molecule has 0 aromatic heterocycles. The van der Waals surface area contributed by atoms with E-state index in [1.807, 2.05) is 13.8 Å². The van der Waals surface area contributed by atoms with Crippen LogP contribution < -0.4 is 0 Å². The van der Waals surface area contributed by atoms with E-state index >= 15 is 0 Å². The molecule has 0 aliphatic heterocycles. The predicted octanol–water partition coefficient (Wildman–Crippen LogP) is 4.25. The Morgan fingerprint density at radius 1 is 1.30 bits per heavy atom. The number of carbonyl (C=O) groups excluding carboxylic acids is 2. The first-order valence-corrected chi connectivity index (χ1v) is 8.74. The number of rotatable bonds is 3. The lowest BCUT2D eigenvalue weighted by Gasteiger charge is -2.39. The number of phenolic OH excluding ortho intramolecular Hbond substituents is 1. The van der Waals surface area contributed by atoms with Crippen LogP contribution in [0, 0.1) is 24.2 Å². The first-order valence-electron chi connectivity index (χ1n) is 8.37. The Bertz CT molecular complexity index is 667. The van der Waals surface area contributed by atoms with Crippen molar-refractivity contribution in [3.8, 4) is 5.75 Å². The fourth-order valence-electron chi connectivity index (χ4n) is 4.51. The van der Waals surface area contributed by atoms with Gasteiger partial charge in [-0.2, -0.15) is 0 Å². The molecular weight excluding hydrogens is 312 g/mol. The SMILES string of the molecule is Cc1cc(Cl)c(O)cc1CC[C@@H]1C(=O)CC[C@]2(C)C(=O)CC[C@@H]12. The van der Waals surface area contributed by atoms with Crippen molar-refractivity contribution in [2.24, 2.45) is 17.3 Å². The van der Waals surface area contributed by atoms with Crippen LogP contribution in [0.4, 0.5) is 0 Å². The van der Waals surface area contributed by atoms with Gasteiger partial charge in [-0.05, 0) is 61.8 Å². The lowest BCUT2D eigenvalue weighted by Crippen LogP contribution is -2.42. The molecule has 3 nitrogen and oxygen atoms in total. The molecule has 3 rings (SSSR count). The minimum atomic E-state index is -0.296. The summed E-state index contributed by atoms with van der Waals surface area (Å²) in [5.74, 6) is 0.885. The average molecular weight is 335 g/mol. The monoisotopic (exact) mass is 334 g/mol. The van der Waals surface area contributed by atoms with Crippen molar-refractivity contribution in [1.29, 1.82) is 0 Å². The molecule has 0 amide bonds. The summed E-state index contributed by atoms with van der Waals surface area (Å²) in [4.78, 5) is 24.7. The molecule has 0 saturated heterocycles. The molecule has 0 unspecified atom stereocenters. The van der Waals surface area contributed by atoms with E-state index in [0.717, 1.165) is 30.4 Å². The van der Waals surface area contributed by atoms with E-state index in [1.54, 1.807) is 12.1 Å². The van der Waals surface area contributed by atoms with E-state index in [9.17, 15) is 14.7 Å². The number of hydrogen-bond donors (Lipinski definition) is 1. The third kappa shape index (κ3) is 2.80. The number of halogens is 1. The van der Waals surface area contributed by atoms with Crippen LogP contribution in [0.1, 0.15) is 50.2 Å². The molecule has 2 aliphatic carbocycles. The van der Waals surface area contributed by atoms with Crippen LogP contribution in [-0.4, -0.2) is 16.7 Å². The van der Waals surface area contributed by atoms with Crippen LogP contribution in [0.3, 0.4) is 0 Å². The molecule has 124 valence electrons. The van der Waals surface area contributed by atoms with Gasteiger partial charge in [-0.25, -0.2) is 0 Å². The van der Waals surface area contributed by atoms with Crippen molar-refractivity contribution >= 4 is 23.2 Å². The van der Waals surface area contributed by atoms with Crippen molar-refractivity contribution in [2.75, 3.05) is 0 Å². The average Bonchev–Trinajstić information content (AvgIpc) is 2.80. The van der Waals surface area contributed by atoms with Gasteiger partial charge in [-0.3, -0.25) is 9.59 Å². The number of aromatic hydroxyl groups is 1. The Kier molecular flexibility index (Phi) is 4.26. The summed E-state index contributed by atoms with van der Waals surface area (Å²) >= 11 is 5.92. The number of phenols is 1. The van der Waals surface area contributed by atoms with Gasteiger partial charge in [0.2, 0.25) is 0 Å². The van der Waals surface area contributed by atoms with Crippen LogP contribution >= 0.6 is 11.6 Å². The highest BCUT2D eigenvalue weighted by atomic mass is 35.5. The maximum absolute atomic E-state index is 12.4. The molecule has 0 radical (unpaired) electrons. The fourth-order valence-corrected chi connectivity index (χ4v) is 4.73. The Hall–Kier alpha value is -1.35. The molecule has 2 saturated carbocycles. The number of aryl methyl sites for hydroxylation is 2. The molecule has 0 spiro atoms. The zero-order valence-electron chi connectivity index (χ0n) is 13.7. The van der Waals surface area contributed by atoms with Crippen molar-refractivity contribution in [3.05, 3.63) is 28.3 Å². The molecule has 2 fully saturated rings. The van der Waals surface area contributed by atoms with Gasteiger partial charge in [0.15, 0.2) is 0 Å². The number of fused-ring (bicyclic) bond motifs is 1. The lowest BCUT2D eigenvalue weighted by atomic mass is 9.62. The molecular formula is C19H23ClO3. The van der Waals surface area contributed by atoms with Gasteiger partial charge in [0, 0.05) is 24.2 Å². The standard InChI is InChI=1S/C19H23ClO3/c1-11-9-15(20)17(22)10-12(11)3-4-13-14-5-6-18(23)19(14,2)8-7-16(13)21/h9-10,13-14,22H,3-8H2,1-2H3/t13-,14-,19-/m0/s1. The number of ketones is 2. The van der Waals surface area contributed by atoms with Gasteiger partial charge in [0.1, 0.15) is 17.3 Å². The highest BCUT2D eigenvalue weighted by Crippen LogP contribution is 2.52. The minimum Gasteiger partial charge on any atom is -0.506 e. The zero-order chi connectivity index (χ0) is 16.8. The van der Waals surface area contributed by atoms with Crippen molar-refractivity contribution in [1.82, 2.24) is 0 Å². The molecule has 4 heteroatoms. The quantitative estimate of drug-likeness (QED) is 0.899. The van der Waals surface area contributed by atoms with Gasteiger partial charge in [0.25, 0.3) is 0 Å². The molecule has 23 heavy (non-hydrogen) atoms. The zero-order valence-corrected chi connectivity index (χ0v) is 14.4. The minimum absolute atomic E-state index is 0.0302. The lowest BCUT2D eigenvalue weighted by molar-refractivity contribution is -0.136. The van der Waals surface area contributed by atoms with Crippen molar-refractivity contribution in [3.63, 3.8) is 0 Å². The summed E-state index contributed by atoms with van der Waals surface area (Å²) in [6.45, 7) is 4.01. The summed E-state index contributed by atoms with van der Waals surface area (Å²) in [5.41, 5.74) is 1.76. The second-order valence-electron chi connectivity index (χ2n) is 7.33. The highest BCUT2D eigenvalue weighted by molar-refractivity contribution is 6.32. The molecule has 0 heterocycles. The van der Waals surface area contributed by atoms with Crippen LogP contribution in [0.25, 0.3) is 0 Å². The maximum atomic E-state index is 12.4. The number of hydrogen-bond acceptors (Lipinski definition) is 3. The van der Waals surface area contributed by atoms with Crippen LogP contribution in [0.5, 0.6) is 5.75 Å². The molecule has 3 atom stereocenters. The van der Waals surface area contributed by atoms with E-state index in [1.165, 1.54) is 0 Å². The van der Waals surface area contributed by atoms with Gasteiger partial charge in [0.05, 0.1) is 5.02 Å². The molecule has 0 bridgehead atoms. The van der Waals surface area contributed by atoms with Gasteiger partial charge in [-0.15, -0.1) is 0 Å². The van der Waals surface area contributed by atoms with Gasteiger partial charge >= 0.3 is 0 Å². The third-order valence-corrected chi connectivity index (χ3v) is 6.36.